The van der Waals surface area contributed by atoms with Gasteiger partial charge in [-0.05, 0) is 30.3 Å². The van der Waals surface area contributed by atoms with Crippen LogP contribution in [0.25, 0.3) is 10.9 Å². The summed E-state index contributed by atoms with van der Waals surface area (Å²) in [5.41, 5.74) is 4.51. The van der Waals surface area contributed by atoms with Gasteiger partial charge in [0.15, 0.2) is 0 Å². The van der Waals surface area contributed by atoms with E-state index in [2.05, 4.69) is 10.5 Å². The maximum absolute atomic E-state index is 12.1. The lowest BCUT2D eigenvalue weighted by molar-refractivity contribution is 0.0937. The molecule has 0 fully saturated rings. The van der Waals surface area contributed by atoms with E-state index in [1.165, 1.54) is 13.1 Å². The molecule has 1 N–H and O–H groups in total. The predicted octanol–water partition coefficient (Wildman–Crippen LogP) is 3.07. The van der Waals surface area contributed by atoms with Gasteiger partial charge in [0.25, 0.3) is 5.91 Å². The first-order chi connectivity index (χ1) is 12.1. The van der Waals surface area contributed by atoms with E-state index < -0.39 is 0 Å². The molecule has 6 nitrogen and oxygen atoms in total. The third kappa shape index (κ3) is 3.42. The van der Waals surface area contributed by atoms with Crippen molar-refractivity contribution in [1.82, 2.24) is 9.99 Å². The van der Waals surface area contributed by atoms with Gasteiger partial charge in [-0.2, -0.15) is 5.10 Å². The summed E-state index contributed by atoms with van der Waals surface area (Å²) >= 11 is 0. The molecule has 1 aromatic heterocycles. The molecule has 0 spiro atoms. The Labute approximate surface area is 144 Å². The second-order valence-corrected chi connectivity index (χ2v) is 5.42. The third-order valence-corrected chi connectivity index (χ3v) is 3.80. The molecule has 0 aliphatic rings. The van der Waals surface area contributed by atoms with E-state index in [0.717, 1.165) is 16.5 Å². The number of ether oxygens (including phenoxy) is 1. The SMILES string of the molecule is COc1ccc(C(=O)N/N=C/c2cn(C(C)=O)c3ccccc23)cc1. The number of nitrogens with zero attached hydrogens (tertiary/aromatic N) is 2. The zero-order valence-corrected chi connectivity index (χ0v) is 13.9. The standard InChI is InChI=1S/C19H17N3O3/c1-13(23)22-12-15(17-5-3-4-6-18(17)22)11-20-21-19(24)14-7-9-16(25-2)10-8-14/h3-12H,1-2H3,(H,21,24)/b20-11+. The Kier molecular flexibility index (Phi) is 4.61. The number of hydrogen-bond acceptors (Lipinski definition) is 4. The summed E-state index contributed by atoms with van der Waals surface area (Å²) in [7, 11) is 1.57. The van der Waals surface area contributed by atoms with Crippen LogP contribution in [0, 0.1) is 0 Å². The number of aromatic nitrogens is 1. The quantitative estimate of drug-likeness (QED) is 0.588. The Hall–Kier alpha value is -3.41. The zero-order valence-electron chi connectivity index (χ0n) is 13.9. The third-order valence-electron chi connectivity index (χ3n) is 3.80. The molecule has 2 aromatic carbocycles. The van der Waals surface area contributed by atoms with Crippen molar-refractivity contribution in [3.63, 3.8) is 0 Å². The number of hydrazone groups is 1. The molecule has 3 aromatic rings. The fourth-order valence-corrected chi connectivity index (χ4v) is 2.54. The molecule has 0 saturated heterocycles. The lowest BCUT2D eigenvalue weighted by Gasteiger charge is -2.01. The van der Waals surface area contributed by atoms with Crippen molar-refractivity contribution >= 4 is 28.9 Å². The molecule has 0 bridgehead atoms. The zero-order chi connectivity index (χ0) is 17.8. The molecule has 1 amide bonds. The minimum atomic E-state index is -0.325. The van der Waals surface area contributed by atoms with Crippen LogP contribution >= 0.6 is 0 Å². The highest BCUT2D eigenvalue weighted by molar-refractivity contribution is 6.03. The molecule has 0 aliphatic heterocycles. The van der Waals surface area contributed by atoms with Crippen molar-refractivity contribution in [3.8, 4) is 5.75 Å². The summed E-state index contributed by atoms with van der Waals surface area (Å²) in [4.78, 5) is 23.8. The number of hydrogen-bond donors (Lipinski definition) is 1. The van der Waals surface area contributed by atoms with Gasteiger partial charge in [-0.25, -0.2) is 5.43 Å². The summed E-state index contributed by atoms with van der Waals surface area (Å²) < 4.78 is 6.62. The summed E-state index contributed by atoms with van der Waals surface area (Å²) in [6, 6.07) is 14.3. The number of rotatable bonds is 4. The molecule has 0 saturated carbocycles. The van der Waals surface area contributed by atoms with Crippen molar-refractivity contribution in [3.05, 3.63) is 65.9 Å². The summed E-state index contributed by atoms with van der Waals surface area (Å²) in [5.74, 6) is 0.268. The smallest absolute Gasteiger partial charge is 0.271 e. The number of benzene rings is 2. The minimum Gasteiger partial charge on any atom is -0.497 e. The summed E-state index contributed by atoms with van der Waals surface area (Å²) in [6.45, 7) is 1.50. The van der Waals surface area contributed by atoms with Crippen molar-refractivity contribution in [2.24, 2.45) is 5.10 Å². The normalized spacial score (nSPS) is 11.0. The Bertz CT molecular complexity index is 956. The van der Waals surface area contributed by atoms with Crippen LogP contribution in [0.5, 0.6) is 5.75 Å². The van der Waals surface area contributed by atoms with E-state index in [1.54, 1.807) is 42.1 Å². The van der Waals surface area contributed by atoms with Gasteiger partial charge in [0, 0.05) is 29.6 Å². The fraction of sp³-hybridized carbons (Fsp3) is 0.105. The van der Waals surface area contributed by atoms with Gasteiger partial charge in [0.05, 0.1) is 18.8 Å². The molecule has 0 unspecified atom stereocenters. The Morgan fingerprint density at radius 3 is 2.52 bits per heavy atom. The van der Waals surface area contributed by atoms with Crippen LogP contribution in [-0.4, -0.2) is 29.7 Å². The van der Waals surface area contributed by atoms with E-state index in [9.17, 15) is 9.59 Å². The van der Waals surface area contributed by atoms with E-state index in [4.69, 9.17) is 4.74 Å². The van der Waals surface area contributed by atoms with Crippen LogP contribution in [0.15, 0.2) is 59.8 Å². The molecular formula is C19H17N3O3. The maximum Gasteiger partial charge on any atom is 0.271 e. The van der Waals surface area contributed by atoms with Gasteiger partial charge >= 0.3 is 0 Å². The van der Waals surface area contributed by atoms with Gasteiger partial charge in [0.1, 0.15) is 5.75 Å². The summed E-state index contributed by atoms with van der Waals surface area (Å²) in [6.07, 6.45) is 3.24. The molecule has 0 atom stereocenters. The van der Waals surface area contributed by atoms with Crippen LogP contribution < -0.4 is 10.2 Å². The molecular weight excluding hydrogens is 318 g/mol. The number of fused-ring (bicyclic) bond motifs is 1. The van der Waals surface area contributed by atoms with Crippen LogP contribution in [0.2, 0.25) is 0 Å². The fourth-order valence-electron chi connectivity index (χ4n) is 2.54. The first-order valence-corrected chi connectivity index (χ1v) is 7.68. The van der Waals surface area contributed by atoms with Crippen molar-refractivity contribution in [2.75, 3.05) is 7.11 Å². The second-order valence-electron chi connectivity index (χ2n) is 5.42. The Balaban J connectivity index is 1.79. The van der Waals surface area contributed by atoms with E-state index in [1.807, 2.05) is 24.3 Å². The maximum atomic E-state index is 12.1. The molecule has 6 heteroatoms. The van der Waals surface area contributed by atoms with Crippen molar-refractivity contribution in [1.29, 1.82) is 0 Å². The number of nitrogens with one attached hydrogen (secondary N) is 1. The molecule has 0 radical (unpaired) electrons. The van der Waals surface area contributed by atoms with Gasteiger partial charge in [-0.3, -0.25) is 14.2 Å². The highest BCUT2D eigenvalue weighted by Crippen LogP contribution is 2.19. The van der Waals surface area contributed by atoms with E-state index in [-0.39, 0.29) is 11.8 Å². The number of carbonyl (C=O) groups is 2. The van der Waals surface area contributed by atoms with Crippen LogP contribution in [0.3, 0.4) is 0 Å². The first kappa shape index (κ1) is 16.4. The minimum absolute atomic E-state index is 0.0851. The average Bonchev–Trinajstić information content (AvgIpc) is 3.01. The van der Waals surface area contributed by atoms with Gasteiger partial charge in [-0.15, -0.1) is 0 Å². The molecule has 126 valence electrons. The Morgan fingerprint density at radius 2 is 1.84 bits per heavy atom. The molecule has 0 aliphatic carbocycles. The number of methoxy groups -OCH3 is 1. The number of para-hydroxylation sites is 1. The lowest BCUT2D eigenvalue weighted by atomic mass is 10.2. The number of carbonyl (C=O) groups excluding carboxylic acids is 2. The largest absolute Gasteiger partial charge is 0.497 e. The average molecular weight is 335 g/mol. The van der Waals surface area contributed by atoms with Crippen LogP contribution in [-0.2, 0) is 0 Å². The van der Waals surface area contributed by atoms with Crippen molar-refractivity contribution < 1.29 is 14.3 Å². The second kappa shape index (κ2) is 7.00. The van der Waals surface area contributed by atoms with Gasteiger partial charge in [0.2, 0.25) is 5.91 Å². The van der Waals surface area contributed by atoms with Gasteiger partial charge < -0.3 is 4.74 Å². The van der Waals surface area contributed by atoms with Gasteiger partial charge in [-0.1, -0.05) is 18.2 Å². The first-order valence-electron chi connectivity index (χ1n) is 7.68. The van der Waals surface area contributed by atoms with Crippen molar-refractivity contribution in [2.45, 2.75) is 6.92 Å². The molecule has 1 heterocycles. The highest BCUT2D eigenvalue weighted by Gasteiger charge is 2.09. The van der Waals surface area contributed by atoms with Crippen LogP contribution in [0.1, 0.15) is 27.6 Å². The van der Waals surface area contributed by atoms with E-state index >= 15 is 0 Å². The monoisotopic (exact) mass is 335 g/mol. The predicted molar refractivity (Wildman–Crippen MR) is 96.3 cm³/mol. The highest BCUT2D eigenvalue weighted by atomic mass is 16.5. The molecule has 25 heavy (non-hydrogen) atoms. The number of amides is 1. The Morgan fingerprint density at radius 1 is 1.12 bits per heavy atom. The van der Waals surface area contributed by atoms with Crippen LogP contribution in [0.4, 0.5) is 0 Å². The molecule has 3 rings (SSSR count). The topological polar surface area (TPSA) is 72.7 Å². The lowest BCUT2D eigenvalue weighted by Crippen LogP contribution is -2.17. The summed E-state index contributed by atoms with van der Waals surface area (Å²) in [5, 5.41) is 4.89. The van der Waals surface area contributed by atoms with E-state index in [0.29, 0.717) is 11.3 Å².